The highest BCUT2D eigenvalue weighted by molar-refractivity contribution is 6.19. The third kappa shape index (κ3) is 5.33. The molecule has 62 heavy (non-hydrogen) atoms. The molecule has 13 rings (SSSR count). The summed E-state index contributed by atoms with van der Waals surface area (Å²) in [5.41, 5.74) is 14.7. The number of hydrogen-bond donors (Lipinski definition) is 0. The van der Waals surface area contributed by atoms with Crippen LogP contribution in [0.3, 0.4) is 0 Å². The van der Waals surface area contributed by atoms with Crippen molar-refractivity contribution in [3.05, 3.63) is 218 Å². The highest BCUT2D eigenvalue weighted by atomic mass is 16.3. The minimum atomic E-state index is 0.856. The zero-order chi connectivity index (χ0) is 40.7. The van der Waals surface area contributed by atoms with Gasteiger partial charge in [-0.05, 0) is 94.9 Å². The van der Waals surface area contributed by atoms with Gasteiger partial charge in [0, 0.05) is 66.0 Å². The maximum Gasteiger partial charge on any atom is 0.143 e. The van der Waals surface area contributed by atoms with Crippen LogP contribution in [0.1, 0.15) is 0 Å². The fourth-order valence-corrected chi connectivity index (χ4v) is 9.68. The Balaban J connectivity index is 0.970. The van der Waals surface area contributed by atoms with Crippen molar-refractivity contribution >= 4 is 93.5 Å². The van der Waals surface area contributed by atoms with Gasteiger partial charge in [0.15, 0.2) is 0 Å². The van der Waals surface area contributed by atoms with E-state index in [1.54, 1.807) is 0 Å². The van der Waals surface area contributed by atoms with E-state index < -0.39 is 0 Å². The Morgan fingerprint density at radius 3 is 1.76 bits per heavy atom. The van der Waals surface area contributed by atoms with Crippen LogP contribution in [0.4, 0.5) is 17.1 Å². The Hall–Kier alpha value is -8.34. The summed E-state index contributed by atoms with van der Waals surface area (Å²) < 4.78 is 15.3. The second kappa shape index (κ2) is 13.6. The van der Waals surface area contributed by atoms with Crippen LogP contribution in [-0.4, -0.2) is 4.57 Å². The second-order valence-electron chi connectivity index (χ2n) is 16.1. The molecule has 3 heterocycles. The van der Waals surface area contributed by atoms with Crippen LogP contribution in [0.15, 0.2) is 227 Å². The largest absolute Gasteiger partial charge is 0.456 e. The quantitative estimate of drug-likeness (QED) is 0.168. The summed E-state index contributed by atoms with van der Waals surface area (Å²) in [5, 5.41) is 9.31. The molecular formula is C58H36N2O2. The monoisotopic (exact) mass is 792 g/mol. The number of benzene rings is 10. The molecule has 0 bridgehead atoms. The normalized spacial score (nSPS) is 11.9. The van der Waals surface area contributed by atoms with Gasteiger partial charge in [0.25, 0.3) is 0 Å². The van der Waals surface area contributed by atoms with E-state index in [-0.39, 0.29) is 0 Å². The molecule has 10 aromatic carbocycles. The molecule has 0 unspecified atom stereocenters. The molecule has 0 fully saturated rings. The van der Waals surface area contributed by atoms with E-state index >= 15 is 0 Å². The molecule has 0 aliphatic heterocycles. The lowest BCUT2D eigenvalue weighted by atomic mass is 10.0. The van der Waals surface area contributed by atoms with E-state index in [1.807, 2.05) is 18.2 Å². The number of furan rings is 2. The zero-order valence-corrected chi connectivity index (χ0v) is 33.5. The summed E-state index contributed by atoms with van der Waals surface area (Å²) in [6, 6.07) is 78.0. The first-order chi connectivity index (χ1) is 30.7. The van der Waals surface area contributed by atoms with Gasteiger partial charge >= 0.3 is 0 Å². The maximum atomic E-state index is 6.62. The van der Waals surface area contributed by atoms with Gasteiger partial charge in [0.05, 0.1) is 11.0 Å². The van der Waals surface area contributed by atoms with Gasteiger partial charge in [-0.3, -0.25) is 0 Å². The van der Waals surface area contributed by atoms with Gasteiger partial charge in [-0.15, -0.1) is 0 Å². The molecule has 0 amide bonds. The van der Waals surface area contributed by atoms with Crippen LogP contribution < -0.4 is 4.90 Å². The van der Waals surface area contributed by atoms with Crippen molar-refractivity contribution in [1.29, 1.82) is 0 Å². The van der Waals surface area contributed by atoms with Crippen LogP contribution in [-0.2, 0) is 0 Å². The summed E-state index contributed by atoms with van der Waals surface area (Å²) in [5.74, 6) is 0. The average molecular weight is 793 g/mol. The predicted molar refractivity (Wildman–Crippen MR) is 258 cm³/mol. The maximum absolute atomic E-state index is 6.62. The SMILES string of the molecule is c1ccc(-c2cccc3c2oc2ccc(N(c4ccc(-c5ccc6c7ccc8ccccc8c7n(-c7ccccc7)c6c5)cc4)c4ccc5oc6ccccc6c5c4)cc23)cc1. The molecule has 0 radical (unpaired) electrons. The van der Waals surface area contributed by atoms with Crippen molar-refractivity contribution in [2.75, 3.05) is 4.90 Å². The number of anilines is 3. The van der Waals surface area contributed by atoms with Crippen LogP contribution in [0.2, 0.25) is 0 Å². The van der Waals surface area contributed by atoms with Crippen LogP contribution in [0.25, 0.3) is 104 Å². The third-order valence-corrected chi connectivity index (χ3v) is 12.6. The van der Waals surface area contributed by atoms with E-state index in [2.05, 4.69) is 210 Å². The summed E-state index contributed by atoms with van der Waals surface area (Å²) in [7, 11) is 0. The molecule has 0 saturated carbocycles. The Kier molecular flexibility index (Phi) is 7.57. The number of fused-ring (bicyclic) bond motifs is 11. The number of aromatic nitrogens is 1. The first-order valence-electron chi connectivity index (χ1n) is 21.1. The van der Waals surface area contributed by atoms with E-state index in [4.69, 9.17) is 8.83 Å². The van der Waals surface area contributed by atoms with E-state index in [0.717, 1.165) is 88.9 Å². The van der Waals surface area contributed by atoms with Gasteiger partial charge < -0.3 is 18.3 Å². The van der Waals surface area contributed by atoms with Gasteiger partial charge in [-0.1, -0.05) is 146 Å². The van der Waals surface area contributed by atoms with E-state index in [1.165, 1.54) is 32.6 Å². The van der Waals surface area contributed by atoms with E-state index in [0.29, 0.717) is 0 Å². The van der Waals surface area contributed by atoms with Crippen molar-refractivity contribution in [2.24, 2.45) is 0 Å². The fourth-order valence-electron chi connectivity index (χ4n) is 9.68. The van der Waals surface area contributed by atoms with Crippen molar-refractivity contribution in [3.63, 3.8) is 0 Å². The first kappa shape index (κ1) is 34.5. The predicted octanol–water partition coefficient (Wildman–Crippen LogP) is 16.5. The fraction of sp³-hybridized carbons (Fsp3) is 0. The topological polar surface area (TPSA) is 34.5 Å². The van der Waals surface area contributed by atoms with Crippen molar-refractivity contribution in [1.82, 2.24) is 4.57 Å². The van der Waals surface area contributed by atoms with Gasteiger partial charge in [0.2, 0.25) is 0 Å². The summed E-state index contributed by atoms with van der Waals surface area (Å²) in [6.45, 7) is 0. The zero-order valence-electron chi connectivity index (χ0n) is 33.5. The Morgan fingerprint density at radius 2 is 0.952 bits per heavy atom. The van der Waals surface area contributed by atoms with Gasteiger partial charge in [-0.25, -0.2) is 0 Å². The Bertz CT molecular complexity index is 3860. The van der Waals surface area contributed by atoms with Crippen molar-refractivity contribution in [3.8, 4) is 27.9 Å². The molecule has 0 aliphatic rings. The number of rotatable bonds is 6. The summed E-state index contributed by atoms with van der Waals surface area (Å²) >= 11 is 0. The molecule has 3 aromatic heterocycles. The lowest BCUT2D eigenvalue weighted by Crippen LogP contribution is -2.09. The van der Waals surface area contributed by atoms with Crippen LogP contribution in [0.5, 0.6) is 0 Å². The summed E-state index contributed by atoms with van der Waals surface area (Å²) in [4.78, 5) is 2.34. The van der Waals surface area contributed by atoms with Crippen LogP contribution >= 0.6 is 0 Å². The first-order valence-corrected chi connectivity index (χ1v) is 21.1. The number of para-hydroxylation sites is 3. The second-order valence-corrected chi connectivity index (χ2v) is 16.1. The molecule has 0 spiro atoms. The molecule has 4 heteroatoms. The van der Waals surface area contributed by atoms with Crippen LogP contribution in [0, 0.1) is 0 Å². The van der Waals surface area contributed by atoms with Crippen molar-refractivity contribution in [2.45, 2.75) is 0 Å². The molecule has 4 nitrogen and oxygen atoms in total. The minimum Gasteiger partial charge on any atom is -0.456 e. The molecule has 0 aliphatic carbocycles. The number of nitrogens with zero attached hydrogens (tertiary/aromatic N) is 2. The minimum absolute atomic E-state index is 0.856. The summed E-state index contributed by atoms with van der Waals surface area (Å²) in [6.07, 6.45) is 0. The molecule has 0 atom stereocenters. The lowest BCUT2D eigenvalue weighted by Gasteiger charge is -2.26. The third-order valence-electron chi connectivity index (χ3n) is 12.6. The standard InChI is InChI=1S/C58H36N2O2/c1-3-12-38(13-4-1)46-19-11-20-50-52-36-44(29-33-56(52)62-58(46)50)59(43-28-32-55-51(35-43)48-18-9-10-21-54(48)61-55)42-26-22-37(23-27-42)40-25-30-47-49-31-24-39-14-7-8-17-45(39)57(49)60(53(47)34-40)41-15-5-2-6-16-41/h1-36H. The highest BCUT2D eigenvalue weighted by Gasteiger charge is 2.20. The highest BCUT2D eigenvalue weighted by Crippen LogP contribution is 2.44. The molecule has 0 N–H and O–H groups in total. The molecule has 0 saturated heterocycles. The van der Waals surface area contributed by atoms with E-state index in [9.17, 15) is 0 Å². The molecule has 13 aromatic rings. The van der Waals surface area contributed by atoms with Gasteiger partial charge in [-0.2, -0.15) is 0 Å². The Labute approximate surface area is 356 Å². The average Bonchev–Trinajstić information content (AvgIpc) is 4.02. The van der Waals surface area contributed by atoms with Crippen molar-refractivity contribution < 1.29 is 8.83 Å². The Morgan fingerprint density at radius 1 is 0.339 bits per heavy atom. The number of hydrogen-bond acceptors (Lipinski definition) is 3. The van der Waals surface area contributed by atoms with Gasteiger partial charge in [0.1, 0.15) is 22.3 Å². The smallest absolute Gasteiger partial charge is 0.143 e. The lowest BCUT2D eigenvalue weighted by molar-refractivity contribution is 0.669. The molecular weight excluding hydrogens is 757 g/mol. The molecule has 290 valence electrons.